The summed E-state index contributed by atoms with van der Waals surface area (Å²) in [6, 6.07) is 0.608. The highest BCUT2D eigenvalue weighted by atomic mass is 19.1. The third kappa shape index (κ3) is 2.28. The first-order chi connectivity index (χ1) is 4.43. The fourth-order valence-corrected chi connectivity index (χ4v) is 0.806. The predicted octanol–water partition coefficient (Wildman–Crippen LogP) is -0.0926. The first-order valence-electron chi connectivity index (χ1n) is 3.43. The van der Waals surface area contributed by atoms with E-state index >= 15 is 0 Å². The molecule has 1 rings (SSSR count). The van der Waals surface area contributed by atoms with Gasteiger partial charge in [-0.15, -0.1) is 0 Å². The van der Waals surface area contributed by atoms with E-state index in [4.69, 9.17) is 0 Å². The van der Waals surface area contributed by atoms with Gasteiger partial charge in [0.15, 0.2) is 0 Å². The van der Waals surface area contributed by atoms with Gasteiger partial charge in [-0.25, -0.2) is 0 Å². The maximum absolute atomic E-state index is 11.5. The van der Waals surface area contributed by atoms with Crippen LogP contribution in [0, 0.1) is 0 Å². The Labute approximate surface area is 54.8 Å². The molecule has 0 atom stereocenters. The van der Waals surface area contributed by atoms with Crippen LogP contribution in [0.1, 0.15) is 6.42 Å². The maximum Gasteiger partial charge on any atom is 0.0906 e. The number of hydrogen-bond donors (Lipinski definition) is 2. The molecule has 0 spiro atoms. The molecule has 0 aromatic heterocycles. The molecule has 0 saturated carbocycles. The molecule has 9 heavy (non-hydrogen) atoms. The highest BCUT2D eigenvalue weighted by Crippen LogP contribution is 1.89. The Morgan fingerprint density at radius 3 is 2.78 bits per heavy atom. The molecule has 54 valence electrons. The van der Waals surface area contributed by atoms with Gasteiger partial charge in [0.2, 0.25) is 0 Å². The van der Waals surface area contributed by atoms with Crippen molar-refractivity contribution >= 4 is 0 Å². The lowest BCUT2D eigenvalue weighted by atomic mass is 10.2. The molecule has 1 aliphatic heterocycles. The van der Waals surface area contributed by atoms with Crippen molar-refractivity contribution < 1.29 is 4.39 Å². The van der Waals surface area contributed by atoms with Crippen molar-refractivity contribution in [1.29, 1.82) is 0 Å². The monoisotopic (exact) mass is 132 g/mol. The fourth-order valence-electron chi connectivity index (χ4n) is 0.806. The molecular weight excluding hydrogens is 119 g/mol. The molecule has 1 aliphatic rings. The van der Waals surface area contributed by atoms with Crippen LogP contribution in [0.25, 0.3) is 0 Å². The quantitative estimate of drug-likeness (QED) is 0.522. The second-order valence-electron chi connectivity index (χ2n) is 2.35. The van der Waals surface area contributed by atoms with Gasteiger partial charge in [0.25, 0.3) is 0 Å². The zero-order valence-corrected chi connectivity index (χ0v) is 5.49. The largest absolute Gasteiger partial charge is 0.314 e. The summed E-state index contributed by atoms with van der Waals surface area (Å²) >= 11 is 0. The van der Waals surface area contributed by atoms with Gasteiger partial charge in [-0.1, -0.05) is 0 Å². The lowest BCUT2D eigenvalue weighted by molar-refractivity contribution is 0.354. The average Bonchev–Trinajstić information content (AvgIpc) is 1.76. The highest BCUT2D eigenvalue weighted by Gasteiger charge is 2.14. The van der Waals surface area contributed by atoms with Crippen LogP contribution in [-0.4, -0.2) is 32.4 Å². The predicted molar refractivity (Wildman–Crippen MR) is 35.3 cm³/mol. The van der Waals surface area contributed by atoms with Gasteiger partial charge >= 0.3 is 0 Å². The van der Waals surface area contributed by atoms with Crippen LogP contribution in [-0.2, 0) is 0 Å². The van der Waals surface area contributed by atoms with E-state index in [0.29, 0.717) is 12.5 Å². The first-order valence-corrected chi connectivity index (χ1v) is 3.43. The van der Waals surface area contributed by atoms with Gasteiger partial charge < -0.3 is 10.6 Å². The van der Waals surface area contributed by atoms with E-state index in [0.717, 1.165) is 19.6 Å². The number of rotatable bonds is 4. The van der Waals surface area contributed by atoms with Gasteiger partial charge in [-0.2, -0.15) is 0 Å². The fraction of sp³-hybridized carbons (Fsp3) is 1.00. The molecule has 1 saturated heterocycles. The van der Waals surface area contributed by atoms with Crippen molar-refractivity contribution in [3.63, 3.8) is 0 Å². The Morgan fingerprint density at radius 1 is 1.56 bits per heavy atom. The van der Waals surface area contributed by atoms with E-state index < -0.39 is 0 Å². The van der Waals surface area contributed by atoms with Crippen molar-refractivity contribution in [2.24, 2.45) is 0 Å². The third-order valence-electron chi connectivity index (χ3n) is 1.52. The molecule has 0 bridgehead atoms. The summed E-state index contributed by atoms with van der Waals surface area (Å²) in [6.45, 7) is 2.72. The van der Waals surface area contributed by atoms with Crippen molar-refractivity contribution in [3.8, 4) is 0 Å². The SMILES string of the molecule is FCCCNC1CNC1. The van der Waals surface area contributed by atoms with Crippen LogP contribution in [0.3, 0.4) is 0 Å². The molecule has 0 amide bonds. The minimum absolute atomic E-state index is 0.201. The Hall–Kier alpha value is -0.150. The van der Waals surface area contributed by atoms with Crippen LogP contribution >= 0.6 is 0 Å². The normalized spacial score (nSPS) is 19.7. The number of halogens is 1. The standard InChI is InChI=1S/C6H13FN2/c7-2-1-3-9-6-4-8-5-6/h6,8-9H,1-5H2. The second-order valence-corrected chi connectivity index (χ2v) is 2.35. The topological polar surface area (TPSA) is 24.1 Å². The van der Waals surface area contributed by atoms with E-state index in [1.54, 1.807) is 0 Å². The van der Waals surface area contributed by atoms with E-state index in [1.807, 2.05) is 0 Å². The second kappa shape index (κ2) is 3.80. The molecule has 0 aromatic rings. The number of alkyl halides is 1. The molecule has 2 N–H and O–H groups in total. The average molecular weight is 132 g/mol. The molecular formula is C6H13FN2. The Balaban J connectivity index is 1.80. The molecule has 1 fully saturated rings. The molecule has 3 heteroatoms. The molecule has 0 aliphatic carbocycles. The molecule has 0 radical (unpaired) electrons. The third-order valence-corrected chi connectivity index (χ3v) is 1.52. The van der Waals surface area contributed by atoms with Crippen LogP contribution in [0.15, 0.2) is 0 Å². The van der Waals surface area contributed by atoms with Crippen LogP contribution < -0.4 is 10.6 Å². The minimum atomic E-state index is -0.201. The molecule has 0 aromatic carbocycles. The van der Waals surface area contributed by atoms with Gasteiger partial charge in [0.1, 0.15) is 0 Å². The van der Waals surface area contributed by atoms with Gasteiger partial charge in [0, 0.05) is 19.1 Å². The number of hydrogen-bond acceptors (Lipinski definition) is 2. The Kier molecular flexibility index (Phi) is 2.94. The van der Waals surface area contributed by atoms with Crippen molar-refractivity contribution in [3.05, 3.63) is 0 Å². The summed E-state index contributed by atoms with van der Waals surface area (Å²) in [5.41, 5.74) is 0. The lowest BCUT2D eigenvalue weighted by Crippen LogP contribution is -2.55. The van der Waals surface area contributed by atoms with Crippen molar-refractivity contribution in [2.45, 2.75) is 12.5 Å². The molecule has 0 unspecified atom stereocenters. The van der Waals surface area contributed by atoms with Gasteiger partial charge in [-0.3, -0.25) is 4.39 Å². The van der Waals surface area contributed by atoms with E-state index in [9.17, 15) is 4.39 Å². The maximum atomic E-state index is 11.5. The smallest absolute Gasteiger partial charge is 0.0906 e. The van der Waals surface area contributed by atoms with Crippen molar-refractivity contribution in [1.82, 2.24) is 10.6 Å². The molecule has 2 nitrogen and oxygen atoms in total. The van der Waals surface area contributed by atoms with Crippen LogP contribution in [0.2, 0.25) is 0 Å². The molecule has 1 heterocycles. The summed E-state index contributed by atoms with van der Waals surface area (Å²) < 4.78 is 11.5. The summed E-state index contributed by atoms with van der Waals surface area (Å²) in [6.07, 6.45) is 0.649. The van der Waals surface area contributed by atoms with E-state index in [1.165, 1.54) is 0 Å². The summed E-state index contributed by atoms with van der Waals surface area (Å²) in [7, 11) is 0. The summed E-state index contributed by atoms with van der Waals surface area (Å²) in [4.78, 5) is 0. The number of nitrogens with one attached hydrogen (secondary N) is 2. The van der Waals surface area contributed by atoms with Crippen LogP contribution in [0.4, 0.5) is 4.39 Å². The van der Waals surface area contributed by atoms with Gasteiger partial charge in [-0.05, 0) is 13.0 Å². The minimum Gasteiger partial charge on any atom is -0.314 e. The Morgan fingerprint density at radius 2 is 2.33 bits per heavy atom. The van der Waals surface area contributed by atoms with Crippen LogP contribution in [0.5, 0.6) is 0 Å². The zero-order chi connectivity index (χ0) is 6.53. The van der Waals surface area contributed by atoms with E-state index in [2.05, 4.69) is 10.6 Å². The van der Waals surface area contributed by atoms with E-state index in [-0.39, 0.29) is 6.67 Å². The Bertz CT molecular complexity index is 73.5. The summed E-state index contributed by atoms with van der Waals surface area (Å²) in [5.74, 6) is 0. The highest BCUT2D eigenvalue weighted by molar-refractivity contribution is 4.80. The van der Waals surface area contributed by atoms with Crippen molar-refractivity contribution in [2.75, 3.05) is 26.3 Å². The first kappa shape index (κ1) is 6.96. The zero-order valence-electron chi connectivity index (χ0n) is 5.49. The summed E-state index contributed by atoms with van der Waals surface area (Å²) in [5, 5.41) is 6.35. The lowest BCUT2D eigenvalue weighted by Gasteiger charge is -2.27. The van der Waals surface area contributed by atoms with Gasteiger partial charge in [0.05, 0.1) is 6.67 Å².